The van der Waals surface area contributed by atoms with Crippen molar-refractivity contribution in [3.63, 3.8) is 0 Å². The summed E-state index contributed by atoms with van der Waals surface area (Å²) in [7, 11) is 1.28. The van der Waals surface area contributed by atoms with Crippen molar-refractivity contribution in [3.05, 3.63) is 105 Å². The number of carbonyl (C=O) groups excluding carboxylic acids is 2. The van der Waals surface area contributed by atoms with Crippen LogP contribution in [0, 0.1) is 17.1 Å². The minimum Gasteiger partial charge on any atom is -0.465 e. The Kier molecular flexibility index (Phi) is 7.53. The lowest BCUT2D eigenvalue weighted by Gasteiger charge is -2.09. The maximum absolute atomic E-state index is 13.6. The third-order valence-electron chi connectivity index (χ3n) is 4.62. The van der Waals surface area contributed by atoms with E-state index in [4.69, 9.17) is 0 Å². The Hall–Kier alpha value is -3.76. The standard InChI is InChI=1S/C25H18BrFN2O3/c1-32-25(31)17-6-9-23(10-7-17)29-24(30)20(15-28)13-19-14-21(26)8-5-18(19)11-16-3-2-4-22(27)12-16/h2-10,12-14H,11H2,1H3,(H,29,30)/b20-13+. The maximum Gasteiger partial charge on any atom is 0.337 e. The lowest BCUT2D eigenvalue weighted by atomic mass is 9.98. The van der Waals surface area contributed by atoms with E-state index in [1.807, 2.05) is 24.3 Å². The molecule has 0 bridgehead atoms. The van der Waals surface area contributed by atoms with E-state index < -0.39 is 11.9 Å². The number of esters is 1. The number of halogens is 2. The van der Waals surface area contributed by atoms with Gasteiger partial charge in [-0.1, -0.05) is 34.1 Å². The molecule has 0 atom stereocenters. The molecule has 0 radical (unpaired) electrons. The Labute approximate surface area is 193 Å². The molecule has 0 aromatic heterocycles. The van der Waals surface area contributed by atoms with Crippen LogP contribution in [0.1, 0.15) is 27.0 Å². The van der Waals surface area contributed by atoms with Crippen LogP contribution in [0.15, 0.2) is 76.8 Å². The molecule has 3 aromatic rings. The molecule has 0 unspecified atom stereocenters. The van der Waals surface area contributed by atoms with Gasteiger partial charge in [-0.2, -0.15) is 5.26 Å². The average molecular weight is 493 g/mol. The number of hydrogen-bond acceptors (Lipinski definition) is 4. The number of anilines is 1. The molecule has 5 nitrogen and oxygen atoms in total. The van der Waals surface area contributed by atoms with E-state index in [0.717, 1.165) is 15.6 Å². The van der Waals surface area contributed by atoms with Gasteiger partial charge in [0.05, 0.1) is 12.7 Å². The SMILES string of the molecule is COC(=O)c1ccc(NC(=O)/C(C#N)=C/c2cc(Br)ccc2Cc2cccc(F)c2)cc1. The first-order valence-corrected chi connectivity index (χ1v) is 10.3. The lowest BCUT2D eigenvalue weighted by Crippen LogP contribution is -2.13. The van der Waals surface area contributed by atoms with Gasteiger partial charge in [-0.25, -0.2) is 9.18 Å². The summed E-state index contributed by atoms with van der Waals surface area (Å²) in [6.45, 7) is 0. The fourth-order valence-corrected chi connectivity index (χ4v) is 3.42. The van der Waals surface area contributed by atoms with Crippen LogP contribution < -0.4 is 5.32 Å². The molecule has 0 saturated carbocycles. The number of rotatable bonds is 6. The second-order valence-corrected chi connectivity index (χ2v) is 7.76. The zero-order chi connectivity index (χ0) is 23.1. The molecular weight excluding hydrogens is 475 g/mol. The molecule has 0 saturated heterocycles. The monoisotopic (exact) mass is 492 g/mol. The highest BCUT2D eigenvalue weighted by molar-refractivity contribution is 9.10. The summed E-state index contributed by atoms with van der Waals surface area (Å²) in [6, 6.07) is 19.8. The van der Waals surface area contributed by atoms with Crippen LogP contribution in [0.25, 0.3) is 6.08 Å². The molecule has 0 fully saturated rings. The minimum absolute atomic E-state index is 0.0966. The summed E-state index contributed by atoms with van der Waals surface area (Å²) in [4.78, 5) is 24.2. The highest BCUT2D eigenvalue weighted by atomic mass is 79.9. The van der Waals surface area contributed by atoms with E-state index in [2.05, 4.69) is 26.0 Å². The predicted molar refractivity (Wildman–Crippen MR) is 123 cm³/mol. The number of methoxy groups -OCH3 is 1. The Morgan fingerprint density at radius 1 is 1.12 bits per heavy atom. The fourth-order valence-electron chi connectivity index (χ4n) is 3.04. The van der Waals surface area contributed by atoms with Gasteiger partial charge in [-0.15, -0.1) is 0 Å². The van der Waals surface area contributed by atoms with Crippen LogP contribution in [-0.4, -0.2) is 19.0 Å². The van der Waals surface area contributed by atoms with Crippen molar-refractivity contribution in [3.8, 4) is 6.07 Å². The van der Waals surface area contributed by atoms with E-state index in [1.54, 1.807) is 24.3 Å². The predicted octanol–water partition coefficient (Wildman–Crippen LogP) is 5.51. The second kappa shape index (κ2) is 10.5. The molecule has 0 heterocycles. The first-order valence-electron chi connectivity index (χ1n) is 9.54. The molecule has 3 aromatic carbocycles. The summed E-state index contributed by atoms with van der Waals surface area (Å²) in [6.07, 6.45) is 1.93. The summed E-state index contributed by atoms with van der Waals surface area (Å²) in [5, 5.41) is 12.2. The van der Waals surface area contributed by atoms with Crippen LogP contribution in [0.5, 0.6) is 0 Å². The van der Waals surface area contributed by atoms with Gasteiger partial charge in [0.1, 0.15) is 17.5 Å². The number of nitrogens with one attached hydrogen (secondary N) is 1. The molecular formula is C25H18BrFN2O3. The van der Waals surface area contributed by atoms with Crippen molar-refractivity contribution in [1.82, 2.24) is 0 Å². The number of carbonyl (C=O) groups is 2. The Morgan fingerprint density at radius 2 is 1.88 bits per heavy atom. The molecule has 3 rings (SSSR count). The number of nitriles is 1. The molecule has 0 aliphatic heterocycles. The minimum atomic E-state index is -0.588. The largest absolute Gasteiger partial charge is 0.465 e. The third kappa shape index (κ3) is 5.90. The van der Waals surface area contributed by atoms with Crippen molar-refractivity contribution in [2.45, 2.75) is 6.42 Å². The second-order valence-electron chi connectivity index (χ2n) is 6.84. The van der Waals surface area contributed by atoms with Crippen LogP contribution in [0.4, 0.5) is 10.1 Å². The Morgan fingerprint density at radius 3 is 2.53 bits per heavy atom. The number of amides is 1. The first-order chi connectivity index (χ1) is 15.4. The van der Waals surface area contributed by atoms with E-state index in [0.29, 0.717) is 23.2 Å². The normalized spacial score (nSPS) is 10.9. The van der Waals surface area contributed by atoms with Crippen molar-refractivity contribution in [2.24, 2.45) is 0 Å². The summed E-state index contributed by atoms with van der Waals surface area (Å²) in [5.74, 6) is -1.40. The number of ether oxygens (including phenoxy) is 1. The van der Waals surface area contributed by atoms with Crippen molar-refractivity contribution in [1.29, 1.82) is 5.26 Å². The molecule has 1 N–H and O–H groups in total. The summed E-state index contributed by atoms with van der Waals surface area (Å²) in [5.41, 5.74) is 2.95. The highest BCUT2D eigenvalue weighted by Gasteiger charge is 2.13. The molecule has 1 amide bonds. The van der Waals surface area contributed by atoms with Crippen LogP contribution in [0.3, 0.4) is 0 Å². The Balaban J connectivity index is 1.85. The first kappa shape index (κ1) is 22.9. The smallest absolute Gasteiger partial charge is 0.337 e. The molecule has 0 aliphatic rings. The number of benzene rings is 3. The molecule has 0 aliphatic carbocycles. The highest BCUT2D eigenvalue weighted by Crippen LogP contribution is 2.23. The van der Waals surface area contributed by atoms with Crippen molar-refractivity contribution in [2.75, 3.05) is 12.4 Å². The topological polar surface area (TPSA) is 79.2 Å². The molecule has 32 heavy (non-hydrogen) atoms. The van der Waals surface area contributed by atoms with Crippen LogP contribution in [0.2, 0.25) is 0 Å². The van der Waals surface area contributed by atoms with E-state index in [9.17, 15) is 19.2 Å². The maximum atomic E-state index is 13.6. The molecule has 7 heteroatoms. The summed E-state index contributed by atoms with van der Waals surface area (Å²) >= 11 is 3.41. The lowest BCUT2D eigenvalue weighted by molar-refractivity contribution is -0.112. The number of hydrogen-bond donors (Lipinski definition) is 1. The van der Waals surface area contributed by atoms with Gasteiger partial charge in [0.15, 0.2) is 0 Å². The number of nitrogens with zero attached hydrogens (tertiary/aromatic N) is 1. The van der Waals surface area contributed by atoms with Gasteiger partial charge in [-0.3, -0.25) is 4.79 Å². The average Bonchev–Trinajstić information content (AvgIpc) is 2.79. The zero-order valence-electron chi connectivity index (χ0n) is 17.1. The van der Waals surface area contributed by atoms with Gasteiger partial charge in [0.25, 0.3) is 5.91 Å². The van der Waals surface area contributed by atoms with Gasteiger partial charge in [-0.05, 0) is 77.7 Å². The van der Waals surface area contributed by atoms with Gasteiger partial charge < -0.3 is 10.1 Å². The molecule has 0 spiro atoms. The van der Waals surface area contributed by atoms with Gasteiger partial charge in [0, 0.05) is 10.2 Å². The van der Waals surface area contributed by atoms with Gasteiger partial charge >= 0.3 is 5.97 Å². The third-order valence-corrected chi connectivity index (χ3v) is 5.11. The van der Waals surface area contributed by atoms with Crippen molar-refractivity contribution < 1.29 is 18.7 Å². The summed E-state index contributed by atoms with van der Waals surface area (Å²) < 4.78 is 19.0. The van der Waals surface area contributed by atoms with Crippen LogP contribution in [-0.2, 0) is 16.0 Å². The molecule has 160 valence electrons. The van der Waals surface area contributed by atoms with Crippen LogP contribution >= 0.6 is 15.9 Å². The Bertz CT molecular complexity index is 1230. The van der Waals surface area contributed by atoms with E-state index in [1.165, 1.54) is 37.5 Å². The zero-order valence-corrected chi connectivity index (χ0v) is 18.6. The fraction of sp³-hybridized carbons (Fsp3) is 0.0800. The van der Waals surface area contributed by atoms with E-state index >= 15 is 0 Å². The quantitative estimate of drug-likeness (QED) is 0.279. The van der Waals surface area contributed by atoms with E-state index in [-0.39, 0.29) is 11.4 Å². The van der Waals surface area contributed by atoms with Gasteiger partial charge in [0.2, 0.25) is 0 Å². The van der Waals surface area contributed by atoms with Crippen molar-refractivity contribution >= 4 is 39.6 Å².